The molecule has 2 heteroatoms. The molecule has 1 aromatic heterocycles. The standard InChI is InChI=1S/C9H10N2/c1-8-7-11-6-4-9(8)3-2-5-10/h4,6-7H,2-3H2,1H3. The van der Waals surface area contributed by atoms with Gasteiger partial charge in [-0.2, -0.15) is 5.26 Å². The SMILES string of the molecule is Cc1cnccc1CCC#N. The Labute approximate surface area is 66.5 Å². The van der Waals surface area contributed by atoms with E-state index >= 15 is 0 Å². The maximum absolute atomic E-state index is 8.35. The van der Waals surface area contributed by atoms with Gasteiger partial charge in [-0.3, -0.25) is 4.98 Å². The molecule has 11 heavy (non-hydrogen) atoms. The zero-order valence-electron chi connectivity index (χ0n) is 6.54. The van der Waals surface area contributed by atoms with Crippen LogP contribution in [0.3, 0.4) is 0 Å². The maximum Gasteiger partial charge on any atom is 0.0625 e. The second-order valence-corrected chi connectivity index (χ2v) is 2.46. The second-order valence-electron chi connectivity index (χ2n) is 2.46. The number of hydrogen-bond donors (Lipinski definition) is 0. The average Bonchev–Trinajstić information content (AvgIpc) is 2.03. The summed E-state index contributed by atoms with van der Waals surface area (Å²) < 4.78 is 0. The highest BCUT2D eigenvalue weighted by Crippen LogP contribution is 2.06. The number of nitriles is 1. The summed E-state index contributed by atoms with van der Waals surface area (Å²) in [4.78, 5) is 3.97. The number of hydrogen-bond acceptors (Lipinski definition) is 2. The lowest BCUT2D eigenvalue weighted by atomic mass is 10.1. The highest BCUT2D eigenvalue weighted by molar-refractivity contribution is 5.21. The Kier molecular flexibility index (Phi) is 2.62. The van der Waals surface area contributed by atoms with Crippen molar-refractivity contribution in [1.82, 2.24) is 4.98 Å². The second kappa shape index (κ2) is 3.72. The fourth-order valence-corrected chi connectivity index (χ4v) is 0.973. The summed E-state index contributed by atoms with van der Waals surface area (Å²) in [5.74, 6) is 0. The van der Waals surface area contributed by atoms with Gasteiger partial charge >= 0.3 is 0 Å². The predicted octanol–water partition coefficient (Wildman–Crippen LogP) is 1.85. The molecule has 0 saturated carbocycles. The van der Waals surface area contributed by atoms with Gasteiger partial charge in [0.05, 0.1) is 6.07 Å². The minimum atomic E-state index is 0.588. The Balaban J connectivity index is 2.71. The van der Waals surface area contributed by atoms with E-state index in [9.17, 15) is 0 Å². The highest BCUT2D eigenvalue weighted by atomic mass is 14.6. The first-order valence-corrected chi connectivity index (χ1v) is 3.61. The topological polar surface area (TPSA) is 36.7 Å². The summed E-state index contributed by atoms with van der Waals surface area (Å²) in [6.07, 6.45) is 5.02. The van der Waals surface area contributed by atoms with Gasteiger partial charge in [-0.25, -0.2) is 0 Å². The van der Waals surface area contributed by atoms with Crippen LogP contribution in [0.1, 0.15) is 17.5 Å². The molecule has 0 saturated heterocycles. The van der Waals surface area contributed by atoms with E-state index < -0.39 is 0 Å². The van der Waals surface area contributed by atoms with Gasteiger partial charge in [0, 0.05) is 18.8 Å². The lowest BCUT2D eigenvalue weighted by Gasteiger charge is -1.99. The van der Waals surface area contributed by atoms with Crippen molar-refractivity contribution in [3.63, 3.8) is 0 Å². The molecule has 1 rings (SSSR count). The monoisotopic (exact) mass is 146 g/mol. The first-order chi connectivity index (χ1) is 5.34. The largest absolute Gasteiger partial charge is 0.264 e. The van der Waals surface area contributed by atoms with Crippen LogP contribution in [0.15, 0.2) is 18.5 Å². The molecule has 0 atom stereocenters. The fourth-order valence-electron chi connectivity index (χ4n) is 0.973. The molecule has 0 bridgehead atoms. The number of rotatable bonds is 2. The summed E-state index contributed by atoms with van der Waals surface area (Å²) >= 11 is 0. The van der Waals surface area contributed by atoms with Crippen LogP contribution in [0.2, 0.25) is 0 Å². The minimum Gasteiger partial charge on any atom is -0.264 e. The molecule has 1 heterocycles. The molecule has 56 valence electrons. The van der Waals surface area contributed by atoms with Crippen LogP contribution in [0.4, 0.5) is 0 Å². The molecule has 0 aromatic carbocycles. The number of aryl methyl sites for hydroxylation is 2. The van der Waals surface area contributed by atoms with Crippen LogP contribution in [-0.4, -0.2) is 4.98 Å². The van der Waals surface area contributed by atoms with Gasteiger partial charge in [-0.05, 0) is 30.5 Å². The molecule has 0 spiro atoms. The van der Waals surface area contributed by atoms with E-state index in [4.69, 9.17) is 5.26 Å². The molecule has 0 radical (unpaired) electrons. The zero-order chi connectivity index (χ0) is 8.10. The molecular weight excluding hydrogens is 136 g/mol. The van der Waals surface area contributed by atoms with E-state index in [-0.39, 0.29) is 0 Å². The van der Waals surface area contributed by atoms with E-state index in [1.165, 1.54) is 11.1 Å². The van der Waals surface area contributed by atoms with Gasteiger partial charge in [-0.15, -0.1) is 0 Å². The molecule has 0 amide bonds. The normalized spacial score (nSPS) is 9.09. The van der Waals surface area contributed by atoms with Gasteiger partial charge in [0.15, 0.2) is 0 Å². The molecule has 0 unspecified atom stereocenters. The molecule has 2 nitrogen and oxygen atoms in total. The first kappa shape index (κ1) is 7.74. The van der Waals surface area contributed by atoms with Crippen LogP contribution < -0.4 is 0 Å². The minimum absolute atomic E-state index is 0.588. The Bertz CT molecular complexity index is 273. The van der Waals surface area contributed by atoms with Crippen LogP contribution in [0.5, 0.6) is 0 Å². The molecule has 0 aliphatic carbocycles. The molecule has 1 aromatic rings. The van der Waals surface area contributed by atoms with Gasteiger partial charge < -0.3 is 0 Å². The number of nitrogens with zero attached hydrogens (tertiary/aromatic N) is 2. The van der Waals surface area contributed by atoms with Crippen molar-refractivity contribution >= 4 is 0 Å². The Hall–Kier alpha value is -1.36. The molecular formula is C9H10N2. The third-order valence-electron chi connectivity index (χ3n) is 1.64. The summed E-state index contributed by atoms with van der Waals surface area (Å²) in [7, 11) is 0. The lowest BCUT2D eigenvalue weighted by molar-refractivity contribution is 0.986. The van der Waals surface area contributed by atoms with Crippen molar-refractivity contribution in [3.8, 4) is 6.07 Å². The van der Waals surface area contributed by atoms with E-state index in [0.717, 1.165) is 6.42 Å². The van der Waals surface area contributed by atoms with E-state index in [2.05, 4.69) is 11.1 Å². The van der Waals surface area contributed by atoms with E-state index in [1.807, 2.05) is 19.2 Å². The van der Waals surface area contributed by atoms with Crippen molar-refractivity contribution in [2.75, 3.05) is 0 Å². The smallest absolute Gasteiger partial charge is 0.0625 e. The van der Waals surface area contributed by atoms with E-state index in [0.29, 0.717) is 6.42 Å². The summed E-state index contributed by atoms with van der Waals surface area (Å²) in [6, 6.07) is 4.09. The van der Waals surface area contributed by atoms with Crippen LogP contribution in [0.25, 0.3) is 0 Å². The van der Waals surface area contributed by atoms with Crippen LogP contribution >= 0.6 is 0 Å². The first-order valence-electron chi connectivity index (χ1n) is 3.61. The quantitative estimate of drug-likeness (QED) is 0.638. The van der Waals surface area contributed by atoms with Crippen LogP contribution in [-0.2, 0) is 6.42 Å². The van der Waals surface area contributed by atoms with Gasteiger partial charge in [0.2, 0.25) is 0 Å². The molecule has 0 aliphatic rings. The van der Waals surface area contributed by atoms with E-state index in [1.54, 1.807) is 6.20 Å². The lowest BCUT2D eigenvalue weighted by Crippen LogP contribution is -1.88. The predicted molar refractivity (Wildman–Crippen MR) is 42.9 cm³/mol. The molecule has 0 fully saturated rings. The maximum atomic E-state index is 8.35. The third-order valence-corrected chi connectivity index (χ3v) is 1.64. The number of aromatic nitrogens is 1. The zero-order valence-corrected chi connectivity index (χ0v) is 6.54. The summed E-state index contributed by atoms with van der Waals surface area (Å²) in [5.41, 5.74) is 2.39. The Morgan fingerprint density at radius 3 is 3.09 bits per heavy atom. The molecule has 0 aliphatic heterocycles. The summed E-state index contributed by atoms with van der Waals surface area (Å²) in [5, 5.41) is 8.35. The van der Waals surface area contributed by atoms with Gasteiger partial charge in [0.25, 0.3) is 0 Å². The van der Waals surface area contributed by atoms with Crippen molar-refractivity contribution in [1.29, 1.82) is 5.26 Å². The fraction of sp³-hybridized carbons (Fsp3) is 0.333. The van der Waals surface area contributed by atoms with Gasteiger partial charge in [-0.1, -0.05) is 0 Å². The number of pyridine rings is 1. The Morgan fingerprint density at radius 1 is 1.64 bits per heavy atom. The van der Waals surface area contributed by atoms with Crippen molar-refractivity contribution in [2.45, 2.75) is 19.8 Å². The third kappa shape index (κ3) is 2.05. The van der Waals surface area contributed by atoms with Crippen molar-refractivity contribution < 1.29 is 0 Å². The Morgan fingerprint density at radius 2 is 2.45 bits per heavy atom. The van der Waals surface area contributed by atoms with Crippen molar-refractivity contribution in [3.05, 3.63) is 29.6 Å². The van der Waals surface area contributed by atoms with Crippen molar-refractivity contribution in [2.24, 2.45) is 0 Å². The van der Waals surface area contributed by atoms with Crippen LogP contribution in [0, 0.1) is 18.3 Å². The average molecular weight is 146 g/mol. The highest BCUT2D eigenvalue weighted by Gasteiger charge is 1.95. The molecule has 0 N–H and O–H groups in total. The van der Waals surface area contributed by atoms with Gasteiger partial charge in [0.1, 0.15) is 0 Å². The summed E-state index contributed by atoms with van der Waals surface area (Å²) in [6.45, 7) is 2.01.